The summed E-state index contributed by atoms with van der Waals surface area (Å²) in [5.74, 6) is -1.36. The summed E-state index contributed by atoms with van der Waals surface area (Å²) in [4.78, 5) is 26.1. The van der Waals surface area contributed by atoms with Gasteiger partial charge in [-0.25, -0.2) is 18.4 Å². The summed E-state index contributed by atoms with van der Waals surface area (Å²) in [5.41, 5.74) is 1.56. The molecular weight excluding hydrogens is 427 g/mol. The Morgan fingerprint density at radius 2 is 1.89 bits per heavy atom. The Morgan fingerprint density at radius 1 is 1.21 bits per heavy atom. The van der Waals surface area contributed by atoms with Gasteiger partial charge in [-0.2, -0.15) is 0 Å². The number of anilines is 1. The van der Waals surface area contributed by atoms with Crippen LogP contribution in [0.25, 0.3) is 0 Å². The van der Waals surface area contributed by atoms with E-state index in [2.05, 4.69) is 0 Å². The molecule has 0 bridgehead atoms. The van der Waals surface area contributed by atoms with E-state index in [9.17, 15) is 18.0 Å². The van der Waals surface area contributed by atoms with E-state index in [1.54, 1.807) is 4.90 Å². The monoisotopic (exact) mass is 442 g/mol. The molecule has 3 rings (SSSR count). The molecule has 1 amide bonds. The standard InChI is InChI=1S/C18H16Cl2N2O5S/c1-10-6-11-4-2-3-5-15(11)22(10)17(23)9-27-18(24)12-7-16(28(21,25)26)14(20)8-13(12)19/h2-5,7-8,10H,6,9H2,1H3,(H2,21,25,26)/t10-/m0/s1. The lowest BCUT2D eigenvalue weighted by molar-refractivity contribution is -0.122. The molecule has 1 atom stereocenters. The minimum absolute atomic E-state index is 0.0725. The molecule has 1 aliphatic heterocycles. The predicted octanol–water partition coefficient (Wildman–Crippen LogP) is 2.78. The zero-order valence-electron chi connectivity index (χ0n) is 14.7. The molecule has 0 spiro atoms. The number of amides is 1. The van der Waals surface area contributed by atoms with Crippen LogP contribution in [0.4, 0.5) is 5.69 Å². The van der Waals surface area contributed by atoms with Gasteiger partial charge in [0, 0.05) is 11.7 Å². The zero-order chi connectivity index (χ0) is 20.6. The van der Waals surface area contributed by atoms with Gasteiger partial charge in [0.25, 0.3) is 5.91 Å². The van der Waals surface area contributed by atoms with Gasteiger partial charge < -0.3 is 9.64 Å². The number of fused-ring (bicyclic) bond motifs is 1. The maximum Gasteiger partial charge on any atom is 0.340 e. The number of hydrogen-bond acceptors (Lipinski definition) is 5. The van der Waals surface area contributed by atoms with E-state index in [4.69, 9.17) is 33.1 Å². The van der Waals surface area contributed by atoms with Gasteiger partial charge in [-0.05, 0) is 37.1 Å². The highest BCUT2D eigenvalue weighted by atomic mass is 35.5. The van der Waals surface area contributed by atoms with E-state index >= 15 is 0 Å². The van der Waals surface area contributed by atoms with Crippen molar-refractivity contribution >= 4 is 50.8 Å². The third-order valence-electron chi connectivity index (χ3n) is 4.35. The molecule has 0 unspecified atom stereocenters. The highest BCUT2D eigenvalue weighted by Gasteiger charge is 2.31. The van der Waals surface area contributed by atoms with Gasteiger partial charge in [-0.1, -0.05) is 41.4 Å². The van der Waals surface area contributed by atoms with Crippen LogP contribution in [0, 0.1) is 0 Å². The van der Waals surface area contributed by atoms with Crippen LogP contribution in [-0.2, 0) is 26.0 Å². The van der Waals surface area contributed by atoms with Crippen LogP contribution < -0.4 is 10.0 Å². The van der Waals surface area contributed by atoms with E-state index in [0.717, 1.165) is 23.4 Å². The van der Waals surface area contributed by atoms with Crippen LogP contribution in [0.5, 0.6) is 0 Å². The second-order valence-corrected chi connectivity index (χ2v) is 8.67. The molecule has 0 aliphatic carbocycles. The Hall–Kier alpha value is -2.13. The van der Waals surface area contributed by atoms with Gasteiger partial charge in [0.2, 0.25) is 10.0 Å². The average molecular weight is 443 g/mol. The molecule has 10 heteroatoms. The highest BCUT2D eigenvalue weighted by molar-refractivity contribution is 7.89. The van der Waals surface area contributed by atoms with Gasteiger partial charge in [0.1, 0.15) is 4.90 Å². The lowest BCUT2D eigenvalue weighted by atomic mass is 10.1. The number of benzene rings is 2. The zero-order valence-corrected chi connectivity index (χ0v) is 17.0. The molecule has 148 valence electrons. The number of carbonyl (C=O) groups is 2. The van der Waals surface area contributed by atoms with Crippen molar-refractivity contribution in [2.24, 2.45) is 5.14 Å². The van der Waals surface area contributed by atoms with Crippen molar-refractivity contribution in [2.45, 2.75) is 24.3 Å². The number of rotatable bonds is 4. The van der Waals surface area contributed by atoms with E-state index in [1.807, 2.05) is 31.2 Å². The fourth-order valence-electron chi connectivity index (χ4n) is 3.12. The van der Waals surface area contributed by atoms with Gasteiger partial charge in [0.05, 0.1) is 15.6 Å². The summed E-state index contributed by atoms with van der Waals surface area (Å²) < 4.78 is 28.2. The van der Waals surface area contributed by atoms with Gasteiger partial charge in [-0.3, -0.25) is 4.79 Å². The van der Waals surface area contributed by atoms with Crippen molar-refractivity contribution in [1.82, 2.24) is 0 Å². The van der Waals surface area contributed by atoms with Gasteiger partial charge >= 0.3 is 5.97 Å². The molecule has 7 nitrogen and oxygen atoms in total. The van der Waals surface area contributed by atoms with Crippen LogP contribution in [0.3, 0.4) is 0 Å². The molecular formula is C18H16Cl2N2O5S. The third kappa shape index (κ3) is 4.00. The first-order valence-corrected chi connectivity index (χ1v) is 10.5. The number of ether oxygens (including phenoxy) is 1. The van der Waals surface area contributed by atoms with Gasteiger partial charge in [0.15, 0.2) is 6.61 Å². The van der Waals surface area contributed by atoms with Crippen molar-refractivity contribution in [3.63, 3.8) is 0 Å². The number of nitrogens with zero attached hydrogens (tertiary/aromatic N) is 1. The summed E-state index contributed by atoms with van der Waals surface area (Å²) in [6.45, 7) is 1.37. The number of carbonyl (C=O) groups excluding carboxylic acids is 2. The average Bonchev–Trinajstić information content (AvgIpc) is 2.94. The number of sulfonamides is 1. The first kappa shape index (κ1) is 20.6. The molecule has 0 saturated carbocycles. The Morgan fingerprint density at radius 3 is 2.57 bits per heavy atom. The summed E-state index contributed by atoms with van der Waals surface area (Å²) in [6, 6.07) is 9.43. The topological polar surface area (TPSA) is 107 Å². The minimum Gasteiger partial charge on any atom is -0.452 e. The number of halogens is 2. The molecule has 2 aromatic rings. The maximum absolute atomic E-state index is 12.6. The molecule has 0 radical (unpaired) electrons. The Bertz CT molecular complexity index is 1070. The number of para-hydroxylation sites is 1. The van der Waals surface area contributed by atoms with Crippen LogP contribution in [0.15, 0.2) is 41.3 Å². The largest absolute Gasteiger partial charge is 0.452 e. The SMILES string of the molecule is C[C@H]1Cc2ccccc2N1C(=O)COC(=O)c1cc(S(N)(=O)=O)c(Cl)cc1Cl. The van der Waals surface area contributed by atoms with Crippen molar-refractivity contribution < 1.29 is 22.7 Å². The van der Waals surface area contributed by atoms with Crippen molar-refractivity contribution in [3.05, 3.63) is 57.6 Å². The number of nitrogens with two attached hydrogens (primary N) is 1. The number of primary sulfonamides is 1. The van der Waals surface area contributed by atoms with E-state index in [-0.39, 0.29) is 21.7 Å². The fraction of sp³-hybridized carbons (Fsp3) is 0.222. The summed E-state index contributed by atoms with van der Waals surface area (Å²) in [6.07, 6.45) is 0.705. The lowest BCUT2D eigenvalue weighted by Crippen LogP contribution is -2.38. The summed E-state index contributed by atoms with van der Waals surface area (Å²) >= 11 is 11.8. The Labute approximate surface area is 172 Å². The summed E-state index contributed by atoms with van der Waals surface area (Å²) in [5, 5.41) is 4.74. The molecule has 0 aromatic heterocycles. The van der Waals surface area contributed by atoms with E-state index in [0.29, 0.717) is 6.42 Å². The molecule has 0 fully saturated rings. The molecule has 2 N–H and O–H groups in total. The maximum atomic E-state index is 12.6. The second kappa shape index (κ2) is 7.71. The molecule has 0 saturated heterocycles. The van der Waals surface area contributed by atoms with E-state index < -0.39 is 33.4 Å². The smallest absolute Gasteiger partial charge is 0.340 e. The molecule has 1 aliphatic rings. The number of esters is 1. The first-order valence-electron chi connectivity index (χ1n) is 8.18. The van der Waals surface area contributed by atoms with Crippen LogP contribution in [0.2, 0.25) is 10.0 Å². The van der Waals surface area contributed by atoms with Crippen LogP contribution in [-0.4, -0.2) is 32.9 Å². The van der Waals surface area contributed by atoms with Gasteiger partial charge in [-0.15, -0.1) is 0 Å². The van der Waals surface area contributed by atoms with Crippen molar-refractivity contribution in [1.29, 1.82) is 0 Å². The fourth-order valence-corrected chi connectivity index (χ4v) is 4.52. The first-order chi connectivity index (χ1) is 13.1. The van der Waals surface area contributed by atoms with Crippen molar-refractivity contribution in [2.75, 3.05) is 11.5 Å². The highest BCUT2D eigenvalue weighted by Crippen LogP contribution is 2.32. The minimum atomic E-state index is -4.16. The molecule has 2 aromatic carbocycles. The lowest BCUT2D eigenvalue weighted by Gasteiger charge is -2.22. The Kier molecular flexibility index (Phi) is 5.67. The third-order valence-corrected chi connectivity index (χ3v) is 6.04. The second-order valence-electron chi connectivity index (χ2n) is 6.33. The normalized spacial score (nSPS) is 16.0. The number of hydrogen-bond donors (Lipinski definition) is 1. The Balaban J connectivity index is 1.77. The van der Waals surface area contributed by atoms with Crippen LogP contribution in [0.1, 0.15) is 22.8 Å². The van der Waals surface area contributed by atoms with Crippen LogP contribution >= 0.6 is 23.2 Å². The molecule has 28 heavy (non-hydrogen) atoms. The predicted molar refractivity (Wildman–Crippen MR) is 105 cm³/mol. The van der Waals surface area contributed by atoms with E-state index in [1.165, 1.54) is 0 Å². The summed E-state index contributed by atoms with van der Waals surface area (Å²) in [7, 11) is -4.16. The molecule has 1 heterocycles. The van der Waals surface area contributed by atoms with Crippen molar-refractivity contribution in [3.8, 4) is 0 Å². The quantitative estimate of drug-likeness (QED) is 0.732.